The quantitative estimate of drug-likeness (QED) is 0.732. The highest BCUT2D eigenvalue weighted by Gasteiger charge is 2.15. The lowest BCUT2D eigenvalue weighted by Crippen LogP contribution is -2.27. The Balaban J connectivity index is 1.75. The number of carbonyl (C=O) groups is 1. The van der Waals surface area contributed by atoms with Gasteiger partial charge in [-0.3, -0.25) is 4.79 Å². The zero-order valence-corrected chi connectivity index (χ0v) is 14.6. The smallest absolute Gasteiger partial charge is 0.278 e. The molecule has 0 atom stereocenters. The highest BCUT2D eigenvalue weighted by Crippen LogP contribution is 2.24. The Morgan fingerprint density at radius 1 is 0.958 bits per heavy atom. The van der Waals surface area contributed by atoms with E-state index in [9.17, 15) is 4.79 Å². The van der Waals surface area contributed by atoms with Crippen molar-refractivity contribution in [1.29, 1.82) is 0 Å². The molecule has 0 saturated carbocycles. The maximum absolute atomic E-state index is 12.5. The first kappa shape index (κ1) is 16.1. The van der Waals surface area contributed by atoms with Crippen LogP contribution in [0.3, 0.4) is 0 Å². The molecule has 0 aliphatic heterocycles. The monoisotopic (exact) mass is 382 g/mol. The Labute approximate surface area is 148 Å². The maximum atomic E-state index is 12.5. The number of hydrogen-bond acceptors (Lipinski definition) is 4. The Morgan fingerprint density at radius 2 is 1.67 bits per heavy atom. The lowest BCUT2D eigenvalue weighted by molar-refractivity contribution is 0.0987. The van der Waals surface area contributed by atoms with Gasteiger partial charge in [0, 0.05) is 17.2 Å². The lowest BCUT2D eigenvalue weighted by Gasteiger charge is -2.16. The maximum Gasteiger partial charge on any atom is 0.278 e. The second kappa shape index (κ2) is 7.23. The van der Waals surface area contributed by atoms with Gasteiger partial charge in [-0.15, -0.1) is 10.2 Å². The number of aromatic nitrogens is 2. The van der Waals surface area contributed by atoms with Crippen LogP contribution in [-0.4, -0.2) is 23.2 Å². The molecule has 0 aliphatic carbocycles. The van der Waals surface area contributed by atoms with Crippen LogP contribution in [-0.2, 0) is 0 Å². The summed E-state index contributed by atoms with van der Waals surface area (Å²) in [7, 11) is 1.71. The van der Waals surface area contributed by atoms with E-state index in [0.29, 0.717) is 11.5 Å². The first-order valence-corrected chi connectivity index (χ1v) is 8.13. The minimum absolute atomic E-state index is 0.207. The number of nitrogens with zero attached hydrogens (tertiary/aromatic N) is 3. The molecule has 0 aliphatic rings. The number of carbonyl (C=O) groups excluding carboxylic acids is 1. The largest absolute Gasteiger partial charge is 0.338 e. The van der Waals surface area contributed by atoms with E-state index >= 15 is 0 Å². The molecule has 1 N–H and O–H groups in total. The van der Waals surface area contributed by atoms with Crippen LogP contribution in [0.1, 0.15) is 10.5 Å². The van der Waals surface area contributed by atoms with Crippen LogP contribution in [0.5, 0.6) is 0 Å². The van der Waals surface area contributed by atoms with Crippen molar-refractivity contribution in [2.75, 3.05) is 17.3 Å². The van der Waals surface area contributed by atoms with Crippen LogP contribution in [0.15, 0.2) is 71.2 Å². The molecule has 1 aromatic heterocycles. The fraction of sp³-hybridized carbons (Fsp3) is 0.0556. The number of nitrogens with one attached hydrogen (secondary N) is 1. The summed E-state index contributed by atoms with van der Waals surface area (Å²) in [6, 6.07) is 20.5. The van der Waals surface area contributed by atoms with E-state index in [4.69, 9.17) is 0 Å². The van der Waals surface area contributed by atoms with Crippen LogP contribution in [0.2, 0.25) is 0 Å². The summed E-state index contributed by atoms with van der Waals surface area (Å²) in [5.74, 6) is 0.363. The van der Waals surface area contributed by atoms with Crippen molar-refractivity contribution in [2.45, 2.75) is 0 Å². The van der Waals surface area contributed by atoms with Crippen LogP contribution in [0.25, 0.3) is 0 Å². The van der Waals surface area contributed by atoms with Gasteiger partial charge in [0.05, 0.1) is 5.69 Å². The minimum Gasteiger partial charge on any atom is -0.338 e. The zero-order valence-electron chi connectivity index (χ0n) is 13.0. The molecule has 24 heavy (non-hydrogen) atoms. The standard InChI is InChI=1S/C18H15BrN4O/c1-23(13-7-3-2-4-8-13)18(24)16-11-12-17(22-21-16)20-15-10-6-5-9-14(15)19/h2-12H,1H3,(H,20,22). The Kier molecular flexibility index (Phi) is 4.86. The van der Waals surface area contributed by atoms with E-state index in [-0.39, 0.29) is 5.91 Å². The van der Waals surface area contributed by atoms with Gasteiger partial charge in [0.1, 0.15) is 0 Å². The van der Waals surface area contributed by atoms with Gasteiger partial charge in [-0.05, 0) is 52.3 Å². The molecule has 0 spiro atoms. The minimum atomic E-state index is -0.207. The van der Waals surface area contributed by atoms with Crippen molar-refractivity contribution in [3.63, 3.8) is 0 Å². The van der Waals surface area contributed by atoms with E-state index in [0.717, 1.165) is 15.8 Å². The predicted molar refractivity (Wildman–Crippen MR) is 98.6 cm³/mol. The van der Waals surface area contributed by atoms with Gasteiger partial charge in [0.2, 0.25) is 0 Å². The molecule has 2 aromatic carbocycles. The van der Waals surface area contributed by atoms with Gasteiger partial charge >= 0.3 is 0 Å². The van der Waals surface area contributed by atoms with Crippen LogP contribution < -0.4 is 10.2 Å². The predicted octanol–water partition coefficient (Wildman–Crippen LogP) is 4.26. The van der Waals surface area contributed by atoms with Gasteiger partial charge in [-0.25, -0.2) is 0 Å². The molecule has 0 bridgehead atoms. The number of halogens is 1. The summed E-state index contributed by atoms with van der Waals surface area (Å²) in [6.45, 7) is 0. The Hall–Kier alpha value is -2.73. The topological polar surface area (TPSA) is 58.1 Å². The Bertz CT molecular complexity index is 837. The van der Waals surface area contributed by atoms with Gasteiger partial charge in [-0.2, -0.15) is 0 Å². The van der Waals surface area contributed by atoms with Crippen molar-refractivity contribution in [2.24, 2.45) is 0 Å². The van der Waals surface area contributed by atoms with Crippen molar-refractivity contribution in [3.8, 4) is 0 Å². The number of anilines is 3. The van der Waals surface area contributed by atoms with E-state index in [1.165, 1.54) is 0 Å². The van der Waals surface area contributed by atoms with Gasteiger partial charge in [0.25, 0.3) is 5.91 Å². The number of rotatable bonds is 4. The molecule has 3 rings (SSSR count). The summed E-state index contributed by atoms with van der Waals surface area (Å²) in [6.07, 6.45) is 0. The molecule has 1 heterocycles. The normalized spacial score (nSPS) is 10.2. The summed E-state index contributed by atoms with van der Waals surface area (Å²) in [4.78, 5) is 14.0. The molecule has 1 amide bonds. The molecule has 120 valence electrons. The first-order chi connectivity index (χ1) is 11.6. The van der Waals surface area contributed by atoms with E-state index in [1.807, 2.05) is 54.6 Å². The number of benzene rings is 2. The molecule has 0 fully saturated rings. The number of para-hydroxylation sites is 2. The third kappa shape index (κ3) is 3.60. The summed E-state index contributed by atoms with van der Waals surface area (Å²) < 4.78 is 0.927. The molecule has 5 nitrogen and oxygen atoms in total. The van der Waals surface area contributed by atoms with Crippen molar-refractivity contribution < 1.29 is 4.79 Å². The third-order valence-corrected chi connectivity index (χ3v) is 4.16. The van der Waals surface area contributed by atoms with E-state index in [1.54, 1.807) is 24.1 Å². The molecule has 6 heteroatoms. The second-order valence-electron chi connectivity index (χ2n) is 5.11. The summed E-state index contributed by atoms with van der Waals surface area (Å²) in [5, 5.41) is 11.3. The average Bonchev–Trinajstić information content (AvgIpc) is 2.64. The van der Waals surface area contributed by atoms with Gasteiger partial charge in [0.15, 0.2) is 11.5 Å². The molecular formula is C18H15BrN4O. The molecule has 0 radical (unpaired) electrons. The van der Waals surface area contributed by atoms with Crippen LogP contribution in [0.4, 0.5) is 17.2 Å². The SMILES string of the molecule is CN(C(=O)c1ccc(Nc2ccccc2Br)nn1)c1ccccc1. The van der Waals surface area contributed by atoms with Crippen molar-refractivity contribution in [3.05, 3.63) is 76.9 Å². The third-order valence-electron chi connectivity index (χ3n) is 3.47. The fourth-order valence-corrected chi connectivity index (χ4v) is 2.54. The number of amides is 1. The highest BCUT2D eigenvalue weighted by molar-refractivity contribution is 9.10. The number of hydrogen-bond donors (Lipinski definition) is 1. The first-order valence-electron chi connectivity index (χ1n) is 7.33. The highest BCUT2D eigenvalue weighted by atomic mass is 79.9. The Morgan fingerprint density at radius 3 is 2.33 bits per heavy atom. The van der Waals surface area contributed by atoms with E-state index < -0.39 is 0 Å². The van der Waals surface area contributed by atoms with Crippen LogP contribution in [0, 0.1) is 0 Å². The molecular weight excluding hydrogens is 368 g/mol. The zero-order chi connectivity index (χ0) is 16.9. The van der Waals surface area contributed by atoms with Crippen LogP contribution >= 0.6 is 15.9 Å². The molecule has 0 saturated heterocycles. The summed E-state index contributed by atoms with van der Waals surface area (Å²) >= 11 is 3.46. The van der Waals surface area contributed by atoms with Gasteiger partial charge < -0.3 is 10.2 Å². The van der Waals surface area contributed by atoms with Crippen molar-refractivity contribution >= 4 is 39.0 Å². The summed E-state index contributed by atoms with van der Waals surface area (Å²) in [5.41, 5.74) is 1.98. The van der Waals surface area contributed by atoms with E-state index in [2.05, 4.69) is 31.4 Å². The molecule has 0 unspecified atom stereocenters. The molecule has 3 aromatic rings. The average molecular weight is 383 g/mol. The van der Waals surface area contributed by atoms with Gasteiger partial charge in [-0.1, -0.05) is 30.3 Å². The second-order valence-corrected chi connectivity index (χ2v) is 5.96. The fourth-order valence-electron chi connectivity index (χ4n) is 2.15. The van der Waals surface area contributed by atoms with Crippen molar-refractivity contribution in [1.82, 2.24) is 10.2 Å². The lowest BCUT2D eigenvalue weighted by atomic mass is 10.2.